The summed E-state index contributed by atoms with van der Waals surface area (Å²) in [4.78, 5) is 12.0. The Morgan fingerprint density at radius 1 is 1.07 bits per heavy atom. The zero-order valence-corrected chi connectivity index (χ0v) is 8.86. The van der Waals surface area contributed by atoms with Crippen molar-refractivity contribution in [2.45, 2.75) is 6.92 Å². The van der Waals surface area contributed by atoms with Crippen LogP contribution in [0.25, 0.3) is 0 Å². The molecule has 0 aliphatic heterocycles. The minimum atomic E-state index is 0.195. The van der Waals surface area contributed by atoms with E-state index in [1.807, 2.05) is 30.3 Å². The van der Waals surface area contributed by atoms with E-state index in [1.165, 1.54) is 0 Å². The van der Waals surface area contributed by atoms with E-state index in [0.717, 1.165) is 5.69 Å². The first-order valence-corrected chi connectivity index (χ1v) is 4.82. The average Bonchev–Trinajstić information content (AvgIpc) is 2.17. The summed E-state index contributed by atoms with van der Waals surface area (Å²) in [6.45, 7) is 1.77. The number of anilines is 2. The molecule has 1 N–H and O–H groups in total. The van der Waals surface area contributed by atoms with Gasteiger partial charge in [0.1, 0.15) is 5.82 Å². The molecule has 0 bridgehead atoms. The summed E-state index contributed by atoms with van der Waals surface area (Å²) in [7, 11) is 0. The number of hydrogen-bond donors (Lipinski definition) is 1. The molecule has 0 aliphatic rings. The van der Waals surface area contributed by atoms with Gasteiger partial charge in [0.2, 0.25) is 11.2 Å². The summed E-state index contributed by atoms with van der Waals surface area (Å²) in [6.07, 6.45) is 0. The molecule has 2 rings (SSSR count). The van der Waals surface area contributed by atoms with Crippen molar-refractivity contribution < 1.29 is 0 Å². The number of aromatic nitrogens is 3. The molecule has 0 amide bonds. The van der Waals surface area contributed by atoms with Gasteiger partial charge in [-0.3, -0.25) is 0 Å². The Kier molecular flexibility index (Phi) is 2.78. The first kappa shape index (κ1) is 9.86. The third-order valence-electron chi connectivity index (χ3n) is 1.75. The number of aryl methyl sites for hydroxylation is 1. The molecule has 0 aliphatic carbocycles. The molecule has 15 heavy (non-hydrogen) atoms. The lowest BCUT2D eigenvalue weighted by Crippen LogP contribution is -2.00. The van der Waals surface area contributed by atoms with Gasteiger partial charge < -0.3 is 5.32 Å². The van der Waals surface area contributed by atoms with Gasteiger partial charge in [-0.1, -0.05) is 18.2 Å². The van der Waals surface area contributed by atoms with Crippen LogP contribution in [0, 0.1) is 6.92 Å². The molecule has 0 fully saturated rings. The fraction of sp³-hybridized carbons (Fsp3) is 0.100. The van der Waals surface area contributed by atoms with E-state index in [1.54, 1.807) is 6.92 Å². The van der Waals surface area contributed by atoms with Gasteiger partial charge in [0, 0.05) is 5.69 Å². The molecular formula is C10H9ClN4. The van der Waals surface area contributed by atoms with Gasteiger partial charge in [-0.15, -0.1) is 0 Å². The van der Waals surface area contributed by atoms with Crippen LogP contribution in [0.3, 0.4) is 0 Å². The summed E-state index contributed by atoms with van der Waals surface area (Å²) in [5.41, 5.74) is 0.916. The highest BCUT2D eigenvalue weighted by molar-refractivity contribution is 6.28. The standard InChI is InChI=1S/C10H9ClN4/c1-7-12-9(11)15-10(13-7)14-8-5-3-2-4-6-8/h2-6H,1H3,(H,12,13,14,15). The molecule has 1 aromatic heterocycles. The molecule has 1 heterocycles. The van der Waals surface area contributed by atoms with Crippen molar-refractivity contribution in [2.75, 3.05) is 5.32 Å². The van der Waals surface area contributed by atoms with Crippen LogP contribution in [0.5, 0.6) is 0 Å². The normalized spacial score (nSPS) is 10.0. The van der Waals surface area contributed by atoms with Crippen LogP contribution >= 0.6 is 11.6 Å². The molecule has 4 nitrogen and oxygen atoms in total. The zero-order valence-electron chi connectivity index (χ0n) is 8.11. The van der Waals surface area contributed by atoms with Crippen LogP contribution in [0.4, 0.5) is 11.6 Å². The van der Waals surface area contributed by atoms with Gasteiger partial charge in [0.05, 0.1) is 0 Å². The van der Waals surface area contributed by atoms with E-state index in [9.17, 15) is 0 Å². The summed E-state index contributed by atoms with van der Waals surface area (Å²) in [6, 6.07) is 9.65. The maximum Gasteiger partial charge on any atom is 0.231 e. The van der Waals surface area contributed by atoms with Crippen molar-refractivity contribution in [1.82, 2.24) is 15.0 Å². The van der Waals surface area contributed by atoms with Crippen molar-refractivity contribution in [2.24, 2.45) is 0 Å². The van der Waals surface area contributed by atoms with Crippen LogP contribution in [0.2, 0.25) is 5.28 Å². The SMILES string of the molecule is Cc1nc(Cl)nc(Nc2ccccc2)n1. The second-order valence-electron chi connectivity index (χ2n) is 2.97. The summed E-state index contributed by atoms with van der Waals surface area (Å²) < 4.78 is 0. The first-order valence-electron chi connectivity index (χ1n) is 4.44. The van der Waals surface area contributed by atoms with Gasteiger partial charge in [-0.25, -0.2) is 4.98 Å². The number of para-hydroxylation sites is 1. The van der Waals surface area contributed by atoms with E-state index < -0.39 is 0 Å². The lowest BCUT2D eigenvalue weighted by molar-refractivity contribution is 0.983. The Labute approximate surface area is 92.4 Å². The minimum absolute atomic E-state index is 0.195. The Morgan fingerprint density at radius 3 is 2.47 bits per heavy atom. The smallest absolute Gasteiger partial charge is 0.231 e. The number of hydrogen-bond acceptors (Lipinski definition) is 4. The first-order chi connectivity index (χ1) is 7.24. The van der Waals surface area contributed by atoms with E-state index >= 15 is 0 Å². The summed E-state index contributed by atoms with van der Waals surface area (Å²) in [5.74, 6) is 1.05. The second-order valence-corrected chi connectivity index (χ2v) is 3.30. The predicted molar refractivity (Wildman–Crippen MR) is 59.3 cm³/mol. The lowest BCUT2D eigenvalue weighted by atomic mass is 10.3. The molecule has 2 aromatic rings. The highest BCUT2D eigenvalue weighted by atomic mass is 35.5. The number of rotatable bonds is 2. The van der Waals surface area contributed by atoms with E-state index in [-0.39, 0.29) is 5.28 Å². The van der Waals surface area contributed by atoms with Crippen LogP contribution in [-0.4, -0.2) is 15.0 Å². The average molecular weight is 221 g/mol. The molecule has 0 saturated carbocycles. The topological polar surface area (TPSA) is 50.7 Å². The quantitative estimate of drug-likeness (QED) is 0.845. The van der Waals surface area contributed by atoms with E-state index in [2.05, 4.69) is 20.3 Å². The van der Waals surface area contributed by atoms with E-state index in [4.69, 9.17) is 11.6 Å². The summed E-state index contributed by atoms with van der Waals surface area (Å²) in [5, 5.41) is 3.23. The third kappa shape index (κ3) is 2.63. The van der Waals surface area contributed by atoms with Crippen molar-refractivity contribution >= 4 is 23.2 Å². The minimum Gasteiger partial charge on any atom is -0.324 e. The fourth-order valence-corrected chi connectivity index (χ4v) is 1.36. The number of halogens is 1. The van der Waals surface area contributed by atoms with Gasteiger partial charge >= 0.3 is 0 Å². The maximum atomic E-state index is 5.71. The van der Waals surface area contributed by atoms with Crippen molar-refractivity contribution in [3.63, 3.8) is 0 Å². The molecule has 0 saturated heterocycles. The number of benzene rings is 1. The fourth-order valence-electron chi connectivity index (χ4n) is 1.16. The van der Waals surface area contributed by atoms with Crippen LogP contribution < -0.4 is 5.32 Å². The van der Waals surface area contributed by atoms with Crippen molar-refractivity contribution in [3.8, 4) is 0 Å². The Balaban J connectivity index is 2.25. The maximum absolute atomic E-state index is 5.71. The highest BCUT2D eigenvalue weighted by Gasteiger charge is 2.01. The number of nitrogens with one attached hydrogen (secondary N) is 1. The molecule has 0 unspecified atom stereocenters. The van der Waals surface area contributed by atoms with Crippen molar-refractivity contribution in [1.29, 1.82) is 0 Å². The molecule has 76 valence electrons. The van der Waals surface area contributed by atoms with Crippen LogP contribution in [0.1, 0.15) is 5.82 Å². The van der Waals surface area contributed by atoms with Gasteiger partial charge in [-0.2, -0.15) is 9.97 Å². The Bertz CT molecular complexity index is 438. The van der Waals surface area contributed by atoms with E-state index in [0.29, 0.717) is 11.8 Å². The molecule has 5 heteroatoms. The van der Waals surface area contributed by atoms with Gasteiger partial charge in [0.25, 0.3) is 0 Å². The molecular weight excluding hydrogens is 212 g/mol. The predicted octanol–water partition coefficient (Wildman–Crippen LogP) is 2.58. The highest BCUT2D eigenvalue weighted by Crippen LogP contribution is 2.12. The third-order valence-corrected chi connectivity index (χ3v) is 1.92. The van der Waals surface area contributed by atoms with Gasteiger partial charge in [0.15, 0.2) is 0 Å². The van der Waals surface area contributed by atoms with Crippen LogP contribution in [-0.2, 0) is 0 Å². The number of nitrogens with zero attached hydrogens (tertiary/aromatic N) is 3. The van der Waals surface area contributed by atoms with Gasteiger partial charge in [-0.05, 0) is 30.7 Å². The monoisotopic (exact) mass is 220 g/mol. The molecule has 0 spiro atoms. The van der Waals surface area contributed by atoms with Crippen molar-refractivity contribution in [3.05, 3.63) is 41.4 Å². The lowest BCUT2D eigenvalue weighted by Gasteiger charge is -2.04. The molecule has 0 atom stereocenters. The molecule has 1 aromatic carbocycles. The zero-order chi connectivity index (χ0) is 10.7. The summed E-state index contributed by atoms with van der Waals surface area (Å²) >= 11 is 5.71. The largest absolute Gasteiger partial charge is 0.324 e. The molecule has 0 radical (unpaired) electrons. The second kappa shape index (κ2) is 4.23. The Morgan fingerprint density at radius 2 is 1.80 bits per heavy atom. The Hall–Kier alpha value is -1.68. The van der Waals surface area contributed by atoms with Crippen LogP contribution in [0.15, 0.2) is 30.3 Å².